The lowest BCUT2D eigenvalue weighted by molar-refractivity contribution is -0.139. The first kappa shape index (κ1) is 27.8. The van der Waals surface area contributed by atoms with Gasteiger partial charge in [0.05, 0.1) is 17.7 Å². The lowest BCUT2D eigenvalue weighted by Gasteiger charge is -2.32. The fraction of sp³-hybridized carbons (Fsp3) is 0.286. The van der Waals surface area contributed by atoms with Gasteiger partial charge in [0, 0.05) is 19.7 Å². The first-order valence-corrected chi connectivity index (χ1v) is 13.8. The monoisotopic (exact) mass is 553 g/mol. The van der Waals surface area contributed by atoms with Gasteiger partial charge in [0.2, 0.25) is 11.8 Å². The molecule has 0 spiro atoms. The summed E-state index contributed by atoms with van der Waals surface area (Å²) in [5.74, 6) is 0.579. The van der Waals surface area contributed by atoms with Crippen LogP contribution in [0, 0.1) is 0 Å². The van der Waals surface area contributed by atoms with E-state index in [2.05, 4.69) is 5.32 Å². The number of nitrogens with one attached hydrogen (secondary N) is 1. The van der Waals surface area contributed by atoms with Crippen LogP contribution in [-0.2, 0) is 26.2 Å². The average molecular weight is 554 g/mol. The standard InChI is InChI=1S/C28H31N3O7S/c1-20(28(33)29-2)30(18-21-9-12-23(36-3)13-10-21)27(32)19-31(39(34,35)24-7-5-4-6-8-24)22-11-14-25-26(17-22)38-16-15-37-25/h4-14,17,20H,15-16,18-19H2,1-3H3,(H,29,33)/t20-/m0/s1. The Labute approximate surface area is 228 Å². The molecule has 206 valence electrons. The van der Waals surface area contributed by atoms with Gasteiger partial charge in [0.15, 0.2) is 11.5 Å². The Bertz CT molecular complexity index is 1410. The van der Waals surface area contributed by atoms with Crippen LogP contribution in [-0.4, -0.2) is 65.1 Å². The Balaban J connectivity index is 1.72. The van der Waals surface area contributed by atoms with Crippen molar-refractivity contribution in [3.05, 3.63) is 78.4 Å². The molecule has 4 rings (SSSR count). The molecule has 0 saturated heterocycles. The molecule has 39 heavy (non-hydrogen) atoms. The quantitative estimate of drug-likeness (QED) is 0.411. The minimum atomic E-state index is -4.17. The van der Waals surface area contributed by atoms with E-state index in [9.17, 15) is 18.0 Å². The van der Waals surface area contributed by atoms with Crippen LogP contribution < -0.4 is 23.8 Å². The number of hydrogen-bond acceptors (Lipinski definition) is 7. The first-order chi connectivity index (χ1) is 18.7. The van der Waals surface area contributed by atoms with Gasteiger partial charge in [0.25, 0.3) is 10.0 Å². The van der Waals surface area contributed by atoms with Crippen LogP contribution >= 0.6 is 0 Å². The number of hydrogen-bond donors (Lipinski definition) is 1. The second-order valence-electron chi connectivity index (χ2n) is 8.81. The van der Waals surface area contributed by atoms with Crippen molar-refractivity contribution in [1.82, 2.24) is 10.2 Å². The van der Waals surface area contributed by atoms with E-state index in [0.717, 1.165) is 9.87 Å². The third-order valence-electron chi connectivity index (χ3n) is 6.35. The van der Waals surface area contributed by atoms with E-state index in [-0.39, 0.29) is 23.0 Å². The highest BCUT2D eigenvalue weighted by atomic mass is 32.2. The van der Waals surface area contributed by atoms with E-state index < -0.39 is 28.5 Å². The molecule has 1 aliphatic heterocycles. The third-order valence-corrected chi connectivity index (χ3v) is 8.14. The number of benzene rings is 3. The lowest BCUT2D eigenvalue weighted by Crippen LogP contribution is -2.50. The summed E-state index contributed by atoms with van der Waals surface area (Å²) in [6, 6.07) is 18.8. The maximum absolute atomic E-state index is 13.8. The Morgan fingerprint density at radius 3 is 2.28 bits per heavy atom. The number of sulfonamides is 1. The molecule has 3 aromatic carbocycles. The normalized spacial score (nSPS) is 13.2. The summed E-state index contributed by atoms with van der Waals surface area (Å²) in [6.07, 6.45) is 0. The molecular formula is C28H31N3O7S. The van der Waals surface area contributed by atoms with Crippen molar-refractivity contribution in [1.29, 1.82) is 0 Å². The van der Waals surface area contributed by atoms with Crippen LogP contribution in [0.1, 0.15) is 12.5 Å². The first-order valence-electron chi connectivity index (χ1n) is 12.4. The number of methoxy groups -OCH3 is 1. The van der Waals surface area contributed by atoms with Crippen LogP contribution in [0.4, 0.5) is 5.69 Å². The molecular weight excluding hydrogens is 522 g/mol. The molecule has 3 aromatic rings. The van der Waals surface area contributed by atoms with Gasteiger partial charge in [-0.05, 0) is 48.9 Å². The fourth-order valence-electron chi connectivity index (χ4n) is 4.15. The zero-order valence-corrected chi connectivity index (χ0v) is 22.8. The maximum Gasteiger partial charge on any atom is 0.264 e. The van der Waals surface area contributed by atoms with Gasteiger partial charge in [-0.2, -0.15) is 0 Å². The summed E-state index contributed by atoms with van der Waals surface area (Å²) in [7, 11) is -1.13. The predicted molar refractivity (Wildman–Crippen MR) is 145 cm³/mol. The average Bonchev–Trinajstić information content (AvgIpc) is 2.98. The van der Waals surface area contributed by atoms with Gasteiger partial charge in [-0.3, -0.25) is 13.9 Å². The zero-order chi connectivity index (χ0) is 28.0. The number of amides is 2. The second kappa shape index (κ2) is 12.1. The van der Waals surface area contributed by atoms with Crippen LogP contribution in [0.5, 0.6) is 17.2 Å². The summed E-state index contributed by atoms with van der Waals surface area (Å²) < 4.78 is 45.2. The van der Waals surface area contributed by atoms with Gasteiger partial charge in [0.1, 0.15) is 31.5 Å². The van der Waals surface area contributed by atoms with Crippen molar-refractivity contribution in [2.24, 2.45) is 0 Å². The van der Waals surface area contributed by atoms with Gasteiger partial charge in [-0.1, -0.05) is 30.3 Å². The van der Waals surface area contributed by atoms with Crippen LogP contribution in [0.3, 0.4) is 0 Å². The summed E-state index contributed by atoms with van der Waals surface area (Å²) in [6.45, 7) is 1.83. The molecule has 0 aromatic heterocycles. The summed E-state index contributed by atoms with van der Waals surface area (Å²) in [5, 5.41) is 2.56. The number of anilines is 1. The van der Waals surface area contributed by atoms with Gasteiger partial charge in [-0.25, -0.2) is 8.42 Å². The smallest absolute Gasteiger partial charge is 0.264 e. The molecule has 1 aliphatic rings. The maximum atomic E-state index is 13.8. The van der Waals surface area contributed by atoms with E-state index >= 15 is 0 Å². The van der Waals surface area contributed by atoms with Crippen molar-refractivity contribution >= 4 is 27.5 Å². The summed E-state index contributed by atoms with van der Waals surface area (Å²) in [4.78, 5) is 27.8. The van der Waals surface area contributed by atoms with Gasteiger partial charge >= 0.3 is 0 Å². The minimum absolute atomic E-state index is 0.0220. The van der Waals surface area contributed by atoms with E-state index in [0.29, 0.717) is 30.5 Å². The van der Waals surface area contributed by atoms with Crippen molar-refractivity contribution in [3.8, 4) is 17.2 Å². The fourth-order valence-corrected chi connectivity index (χ4v) is 5.58. The highest BCUT2D eigenvalue weighted by Crippen LogP contribution is 2.36. The molecule has 0 radical (unpaired) electrons. The molecule has 10 nitrogen and oxygen atoms in total. The van der Waals surface area contributed by atoms with Crippen LogP contribution in [0.25, 0.3) is 0 Å². The molecule has 2 amide bonds. The molecule has 0 fully saturated rings. The number of nitrogens with zero attached hydrogens (tertiary/aromatic N) is 2. The molecule has 11 heteroatoms. The number of carbonyl (C=O) groups excluding carboxylic acids is 2. The zero-order valence-electron chi connectivity index (χ0n) is 22.0. The predicted octanol–water partition coefficient (Wildman–Crippen LogP) is 2.82. The molecule has 0 unspecified atom stereocenters. The van der Waals surface area contributed by atoms with Crippen molar-refractivity contribution < 1.29 is 32.2 Å². The van der Waals surface area contributed by atoms with E-state index in [1.54, 1.807) is 68.6 Å². The number of likely N-dealkylation sites (N-methyl/N-ethyl adjacent to an activating group) is 1. The lowest BCUT2D eigenvalue weighted by atomic mass is 10.1. The number of ether oxygens (including phenoxy) is 3. The molecule has 0 bridgehead atoms. The topological polar surface area (TPSA) is 114 Å². The second-order valence-corrected chi connectivity index (χ2v) is 10.7. The van der Waals surface area contributed by atoms with Gasteiger partial charge in [-0.15, -0.1) is 0 Å². The molecule has 1 atom stereocenters. The van der Waals surface area contributed by atoms with E-state index in [1.807, 2.05) is 0 Å². The van der Waals surface area contributed by atoms with Crippen molar-refractivity contribution in [3.63, 3.8) is 0 Å². The largest absolute Gasteiger partial charge is 0.497 e. The molecule has 1 heterocycles. The van der Waals surface area contributed by atoms with Crippen molar-refractivity contribution in [2.45, 2.75) is 24.4 Å². The van der Waals surface area contributed by atoms with Crippen LogP contribution in [0.15, 0.2) is 77.7 Å². The van der Waals surface area contributed by atoms with Crippen LogP contribution in [0.2, 0.25) is 0 Å². The minimum Gasteiger partial charge on any atom is -0.497 e. The Kier molecular flexibility index (Phi) is 8.60. The van der Waals surface area contributed by atoms with E-state index in [1.165, 1.54) is 30.1 Å². The number of fused-ring (bicyclic) bond motifs is 1. The van der Waals surface area contributed by atoms with E-state index in [4.69, 9.17) is 14.2 Å². The number of carbonyl (C=O) groups is 2. The van der Waals surface area contributed by atoms with Crippen molar-refractivity contribution in [2.75, 3.05) is 38.2 Å². The Hall–Kier alpha value is -4.25. The SMILES string of the molecule is CNC(=O)[C@H](C)N(Cc1ccc(OC)cc1)C(=O)CN(c1ccc2c(c1)OCCO2)S(=O)(=O)c1ccccc1. The molecule has 0 saturated carbocycles. The Morgan fingerprint density at radius 2 is 1.64 bits per heavy atom. The molecule has 0 aliphatic carbocycles. The summed E-state index contributed by atoms with van der Waals surface area (Å²) >= 11 is 0. The highest BCUT2D eigenvalue weighted by molar-refractivity contribution is 7.92. The third kappa shape index (κ3) is 6.26. The summed E-state index contributed by atoms with van der Waals surface area (Å²) in [5.41, 5.74) is 0.977. The van der Waals surface area contributed by atoms with Gasteiger partial charge < -0.3 is 24.4 Å². The molecule has 1 N–H and O–H groups in total. The highest BCUT2D eigenvalue weighted by Gasteiger charge is 2.33. The Morgan fingerprint density at radius 1 is 0.974 bits per heavy atom. The number of rotatable bonds is 10.